The van der Waals surface area contributed by atoms with E-state index >= 15 is 0 Å². The molecule has 1 unspecified atom stereocenters. The van der Waals surface area contributed by atoms with Crippen LogP contribution in [-0.2, 0) is 0 Å². The van der Waals surface area contributed by atoms with Crippen molar-refractivity contribution in [3.8, 4) is 11.8 Å². The number of thiazole rings is 1. The minimum atomic E-state index is -0.358. The summed E-state index contributed by atoms with van der Waals surface area (Å²) in [6.07, 6.45) is 7.24. The van der Waals surface area contributed by atoms with E-state index in [9.17, 15) is 5.26 Å². The Morgan fingerprint density at radius 3 is 3.00 bits per heavy atom. The van der Waals surface area contributed by atoms with Gasteiger partial charge in [-0.2, -0.15) is 5.26 Å². The SMILES string of the molecule is N#CC1=CC(c2nc3cncnc3s2)=CCC1Oc1ccccc1Cl. The zero-order valence-electron chi connectivity index (χ0n) is 12.9. The lowest BCUT2D eigenvalue weighted by atomic mass is 9.97. The van der Waals surface area contributed by atoms with Crippen LogP contribution in [0.2, 0.25) is 5.02 Å². The number of hydrogen-bond acceptors (Lipinski definition) is 6. The molecule has 1 aliphatic rings. The number of nitrogens with zero attached hydrogens (tertiary/aromatic N) is 4. The normalized spacial score (nSPS) is 16.9. The maximum absolute atomic E-state index is 9.52. The van der Waals surface area contributed by atoms with E-state index in [2.05, 4.69) is 21.0 Å². The number of allylic oxidation sites excluding steroid dienone is 2. The van der Waals surface area contributed by atoms with Crippen LogP contribution in [-0.4, -0.2) is 21.1 Å². The molecule has 0 amide bonds. The molecule has 2 heterocycles. The summed E-state index contributed by atoms with van der Waals surface area (Å²) in [4.78, 5) is 13.6. The number of halogens is 1. The van der Waals surface area contributed by atoms with Gasteiger partial charge in [-0.15, -0.1) is 0 Å². The molecular formula is C18H11ClN4OS. The van der Waals surface area contributed by atoms with Crippen LogP contribution in [0.5, 0.6) is 5.75 Å². The van der Waals surface area contributed by atoms with Gasteiger partial charge in [-0.1, -0.05) is 41.1 Å². The average Bonchev–Trinajstić information content (AvgIpc) is 3.08. The van der Waals surface area contributed by atoms with Crippen LogP contribution in [0.1, 0.15) is 11.4 Å². The molecule has 25 heavy (non-hydrogen) atoms. The Hall–Kier alpha value is -2.75. The highest BCUT2D eigenvalue weighted by molar-refractivity contribution is 7.19. The predicted molar refractivity (Wildman–Crippen MR) is 97.4 cm³/mol. The van der Waals surface area contributed by atoms with Gasteiger partial charge in [0.25, 0.3) is 0 Å². The summed E-state index contributed by atoms with van der Waals surface area (Å²) in [5, 5.41) is 10.9. The molecule has 1 aromatic carbocycles. The summed E-state index contributed by atoms with van der Waals surface area (Å²) < 4.78 is 5.93. The van der Waals surface area contributed by atoms with Crippen molar-refractivity contribution in [1.82, 2.24) is 15.0 Å². The van der Waals surface area contributed by atoms with Crippen LogP contribution in [0.4, 0.5) is 0 Å². The topological polar surface area (TPSA) is 71.7 Å². The van der Waals surface area contributed by atoms with E-state index < -0.39 is 0 Å². The van der Waals surface area contributed by atoms with Crippen molar-refractivity contribution in [1.29, 1.82) is 5.26 Å². The Bertz CT molecular complexity index is 1020. The highest BCUT2D eigenvalue weighted by atomic mass is 35.5. The average molecular weight is 367 g/mol. The second-order valence-corrected chi connectivity index (χ2v) is 6.76. The van der Waals surface area contributed by atoms with Crippen LogP contribution in [0.3, 0.4) is 0 Å². The number of hydrogen-bond donors (Lipinski definition) is 0. The fraction of sp³-hybridized carbons (Fsp3) is 0.111. The summed E-state index contributed by atoms with van der Waals surface area (Å²) >= 11 is 7.62. The second-order valence-electron chi connectivity index (χ2n) is 5.38. The third kappa shape index (κ3) is 3.12. The molecule has 0 spiro atoms. The minimum Gasteiger partial charge on any atom is -0.483 e. The summed E-state index contributed by atoms with van der Waals surface area (Å²) in [5.74, 6) is 0.572. The molecule has 5 nitrogen and oxygen atoms in total. The molecular weight excluding hydrogens is 356 g/mol. The molecule has 1 atom stereocenters. The number of aromatic nitrogens is 3. The number of fused-ring (bicyclic) bond motifs is 1. The Morgan fingerprint density at radius 2 is 2.20 bits per heavy atom. The van der Waals surface area contributed by atoms with Crippen molar-refractivity contribution in [2.24, 2.45) is 0 Å². The van der Waals surface area contributed by atoms with Crippen molar-refractivity contribution < 1.29 is 4.74 Å². The summed E-state index contributed by atoms with van der Waals surface area (Å²) in [5.41, 5.74) is 2.20. The molecule has 0 radical (unpaired) electrons. The summed E-state index contributed by atoms with van der Waals surface area (Å²) in [6, 6.07) is 9.47. The Labute approximate surface area is 152 Å². The first-order valence-electron chi connectivity index (χ1n) is 7.54. The number of benzene rings is 1. The van der Waals surface area contributed by atoms with Crippen molar-refractivity contribution >= 4 is 38.9 Å². The quantitative estimate of drug-likeness (QED) is 0.685. The van der Waals surface area contributed by atoms with Gasteiger partial charge in [-0.25, -0.2) is 15.0 Å². The van der Waals surface area contributed by atoms with Crippen LogP contribution >= 0.6 is 22.9 Å². The van der Waals surface area contributed by atoms with Gasteiger partial charge in [0.15, 0.2) is 0 Å². The lowest BCUT2D eigenvalue weighted by molar-refractivity contribution is 0.244. The van der Waals surface area contributed by atoms with Crippen LogP contribution in [0.25, 0.3) is 15.9 Å². The van der Waals surface area contributed by atoms with Crippen molar-refractivity contribution in [3.05, 3.63) is 64.5 Å². The lowest BCUT2D eigenvalue weighted by Crippen LogP contribution is -2.20. The van der Waals surface area contributed by atoms with Gasteiger partial charge in [-0.05, 0) is 18.2 Å². The first-order chi connectivity index (χ1) is 12.2. The van der Waals surface area contributed by atoms with Crippen LogP contribution in [0.15, 0.2) is 54.5 Å². The standard InChI is InChI=1S/C18H11ClN4OS/c19-13-3-1-2-4-16(13)24-15-6-5-11(7-12(15)8-20)17-23-14-9-21-10-22-18(14)25-17/h1-5,7,9-10,15H,6H2. The van der Waals surface area contributed by atoms with E-state index in [4.69, 9.17) is 16.3 Å². The van der Waals surface area contributed by atoms with Gasteiger partial charge < -0.3 is 4.74 Å². The van der Waals surface area contributed by atoms with E-state index in [1.54, 1.807) is 18.3 Å². The van der Waals surface area contributed by atoms with Crippen LogP contribution in [0, 0.1) is 11.3 Å². The highest BCUT2D eigenvalue weighted by Crippen LogP contribution is 2.33. The molecule has 0 aliphatic heterocycles. The molecule has 3 aromatic rings. The molecule has 0 N–H and O–H groups in total. The fourth-order valence-corrected chi connectivity index (χ4v) is 3.62. The molecule has 122 valence electrons. The molecule has 0 saturated heterocycles. The van der Waals surface area contributed by atoms with Crippen molar-refractivity contribution in [2.45, 2.75) is 12.5 Å². The lowest BCUT2D eigenvalue weighted by Gasteiger charge is -2.21. The fourth-order valence-electron chi connectivity index (χ4n) is 2.55. The number of rotatable bonds is 3. The van der Waals surface area contributed by atoms with Gasteiger partial charge in [0.1, 0.15) is 33.5 Å². The third-order valence-electron chi connectivity index (χ3n) is 3.76. The van der Waals surface area contributed by atoms with E-state index in [-0.39, 0.29) is 6.10 Å². The number of para-hydroxylation sites is 1. The Morgan fingerprint density at radius 1 is 1.32 bits per heavy atom. The predicted octanol–water partition coefficient (Wildman–Crippen LogP) is 4.42. The van der Waals surface area contributed by atoms with Crippen molar-refractivity contribution in [3.63, 3.8) is 0 Å². The largest absolute Gasteiger partial charge is 0.483 e. The highest BCUT2D eigenvalue weighted by Gasteiger charge is 2.22. The van der Waals surface area contributed by atoms with E-state index in [1.807, 2.05) is 24.3 Å². The van der Waals surface area contributed by atoms with Crippen LogP contribution < -0.4 is 4.74 Å². The molecule has 7 heteroatoms. The molecule has 0 fully saturated rings. The molecule has 2 aromatic heterocycles. The molecule has 4 rings (SSSR count). The molecule has 0 bridgehead atoms. The van der Waals surface area contributed by atoms with Gasteiger partial charge >= 0.3 is 0 Å². The van der Waals surface area contributed by atoms with E-state index in [0.29, 0.717) is 22.8 Å². The first-order valence-corrected chi connectivity index (χ1v) is 8.74. The van der Waals surface area contributed by atoms with Gasteiger partial charge in [0, 0.05) is 12.0 Å². The first kappa shape index (κ1) is 15.8. The maximum Gasteiger partial charge on any atom is 0.147 e. The van der Waals surface area contributed by atoms with Crippen molar-refractivity contribution in [2.75, 3.05) is 0 Å². The zero-order chi connectivity index (χ0) is 17.2. The van der Waals surface area contributed by atoms with E-state index in [1.165, 1.54) is 17.7 Å². The number of nitriles is 1. The van der Waals surface area contributed by atoms with Gasteiger partial charge in [0.05, 0.1) is 22.9 Å². The zero-order valence-corrected chi connectivity index (χ0v) is 14.5. The van der Waals surface area contributed by atoms with E-state index in [0.717, 1.165) is 20.9 Å². The number of ether oxygens (including phenoxy) is 1. The van der Waals surface area contributed by atoms with Gasteiger partial charge in [0.2, 0.25) is 0 Å². The summed E-state index contributed by atoms with van der Waals surface area (Å²) in [6.45, 7) is 0. The smallest absolute Gasteiger partial charge is 0.147 e. The Kier molecular flexibility index (Phi) is 4.18. The monoisotopic (exact) mass is 366 g/mol. The Balaban J connectivity index is 1.62. The summed E-state index contributed by atoms with van der Waals surface area (Å²) in [7, 11) is 0. The molecule has 0 saturated carbocycles. The maximum atomic E-state index is 9.52. The second kappa shape index (κ2) is 6.63. The minimum absolute atomic E-state index is 0.358. The van der Waals surface area contributed by atoms with Gasteiger partial charge in [-0.3, -0.25) is 0 Å². The third-order valence-corrected chi connectivity index (χ3v) is 5.11. The molecule has 1 aliphatic carbocycles.